The second-order valence-corrected chi connectivity index (χ2v) is 4.19. The molecule has 0 saturated carbocycles. The van der Waals surface area contributed by atoms with Crippen LogP contribution in [0.3, 0.4) is 0 Å². The number of esters is 1. The van der Waals surface area contributed by atoms with E-state index < -0.39 is 5.41 Å². The Morgan fingerprint density at radius 1 is 1.41 bits per heavy atom. The predicted molar refractivity (Wildman–Crippen MR) is 67.5 cm³/mol. The second-order valence-electron chi connectivity index (χ2n) is 4.19. The van der Waals surface area contributed by atoms with Crippen LogP contribution >= 0.6 is 0 Å². The lowest BCUT2D eigenvalue weighted by molar-refractivity contribution is -0.150. The van der Waals surface area contributed by atoms with Gasteiger partial charge in [0.25, 0.3) is 0 Å². The molecule has 17 heavy (non-hydrogen) atoms. The van der Waals surface area contributed by atoms with Crippen LogP contribution in [0.4, 0.5) is 0 Å². The van der Waals surface area contributed by atoms with Gasteiger partial charge >= 0.3 is 5.97 Å². The number of hydrogen-bond donors (Lipinski definition) is 1. The summed E-state index contributed by atoms with van der Waals surface area (Å²) in [5, 5.41) is 2.70. The highest BCUT2D eigenvalue weighted by Gasteiger charge is 2.35. The molecular weight excluding hydrogens is 218 g/mol. The predicted octanol–water partition coefficient (Wildman–Crippen LogP) is 2.05. The number of unbranched alkanes of at least 4 members (excludes halogenated alkanes) is 1. The molecule has 0 spiro atoms. The van der Waals surface area contributed by atoms with Crippen molar-refractivity contribution < 1.29 is 14.3 Å². The normalized spacial score (nSPS) is 13.6. The molecule has 0 aromatic rings. The molecule has 0 aliphatic rings. The molecule has 0 radical (unpaired) electrons. The van der Waals surface area contributed by atoms with E-state index in [4.69, 9.17) is 4.74 Å². The molecular formula is C13H23NO3. The molecule has 0 rings (SSSR count). The van der Waals surface area contributed by atoms with Gasteiger partial charge in [0.15, 0.2) is 0 Å². The highest BCUT2D eigenvalue weighted by Crippen LogP contribution is 2.31. The van der Waals surface area contributed by atoms with Crippen LogP contribution in [0.15, 0.2) is 12.7 Å². The monoisotopic (exact) mass is 241 g/mol. The van der Waals surface area contributed by atoms with Gasteiger partial charge < -0.3 is 10.1 Å². The molecule has 0 aliphatic carbocycles. The van der Waals surface area contributed by atoms with Crippen molar-refractivity contribution in [2.45, 2.75) is 39.5 Å². The number of carbonyl (C=O) groups is 2. The van der Waals surface area contributed by atoms with Crippen LogP contribution in [0.25, 0.3) is 0 Å². The van der Waals surface area contributed by atoms with Crippen molar-refractivity contribution in [2.75, 3.05) is 13.7 Å². The van der Waals surface area contributed by atoms with E-state index in [1.165, 1.54) is 14.0 Å². The Kier molecular flexibility index (Phi) is 7.26. The third kappa shape index (κ3) is 5.02. The molecule has 1 unspecified atom stereocenters. The van der Waals surface area contributed by atoms with E-state index in [1.807, 2.05) is 0 Å². The van der Waals surface area contributed by atoms with Crippen LogP contribution in [0.5, 0.6) is 0 Å². The molecule has 1 N–H and O–H groups in total. The summed E-state index contributed by atoms with van der Waals surface area (Å²) in [4.78, 5) is 22.7. The number of hydrogen-bond acceptors (Lipinski definition) is 3. The van der Waals surface area contributed by atoms with Crippen LogP contribution in [-0.4, -0.2) is 25.5 Å². The molecule has 0 aromatic carbocycles. The maximum absolute atomic E-state index is 11.8. The topological polar surface area (TPSA) is 55.4 Å². The van der Waals surface area contributed by atoms with Gasteiger partial charge in [0.1, 0.15) is 0 Å². The van der Waals surface area contributed by atoms with Crippen molar-refractivity contribution in [3.05, 3.63) is 12.7 Å². The Morgan fingerprint density at radius 2 is 2.06 bits per heavy atom. The van der Waals surface area contributed by atoms with Crippen molar-refractivity contribution in [1.82, 2.24) is 5.32 Å². The minimum atomic E-state index is -0.673. The average molecular weight is 241 g/mol. The Morgan fingerprint density at radius 3 is 2.47 bits per heavy atom. The SMILES string of the molecule is C=CC(CCCC)(CCNC(C)=O)C(=O)OC. The van der Waals surface area contributed by atoms with Gasteiger partial charge in [0.2, 0.25) is 5.91 Å². The van der Waals surface area contributed by atoms with E-state index in [-0.39, 0.29) is 11.9 Å². The number of amides is 1. The fraction of sp³-hybridized carbons (Fsp3) is 0.692. The van der Waals surface area contributed by atoms with Crippen molar-refractivity contribution in [3.63, 3.8) is 0 Å². The maximum Gasteiger partial charge on any atom is 0.315 e. The lowest BCUT2D eigenvalue weighted by Crippen LogP contribution is -2.35. The zero-order valence-corrected chi connectivity index (χ0v) is 11.0. The standard InChI is InChI=1S/C13H23NO3/c1-5-7-8-13(6-2,12(16)17-4)9-10-14-11(3)15/h6H,2,5,7-10H2,1,3-4H3,(H,14,15). The van der Waals surface area contributed by atoms with Gasteiger partial charge in [-0.2, -0.15) is 0 Å². The number of nitrogens with one attached hydrogen (secondary N) is 1. The summed E-state index contributed by atoms with van der Waals surface area (Å²) < 4.78 is 4.84. The fourth-order valence-electron chi connectivity index (χ4n) is 1.77. The summed E-state index contributed by atoms with van der Waals surface area (Å²) in [6, 6.07) is 0. The molecule has 1 atom stereocenters. The summed E-state index contributed by atoms with van der Waals surface area (Å²) >= 11 is 0. The third-order valence-electron chi connectivity index (χ3n) is 2.90. The quantitative estimate of drug-likeness (QED) is 0.522. The summed E-state index contributed by atoms with van der Waals surface area (Å²) in [7, 11) is 1.38. The molecule has 0 heterocycles. The average Bonchev–Trinajstić information content (AvgIpc) is 2.32. The molecule has 0 saturated heterocycles. The van der Waals surface area contributed by atoms with Gasteiger partial charge in [-0.05, 0) is 12.8 Å². The molecule has 0 aliphatic heterocycles. The molecule has 0 bridgehead atoms. The van der Waals surface area contributed by atoms with E-state index >= 15 is 0 Å². The first-order chi connectivity index (χ1) is 8.02. The third-order valence-corrected chi connectivity index (χ3v) is 2.90. The number of methoxy groups -OCH3 is 1. The number of carbonyl (C=O) groups excluding carboxylic acids is 2. The Balaban J connectivity index is 4.61. The van der Waals surface area contributed by atoms with E-state index in [0.29, 0.717) is 19.4 Å². The fourth-order valence-corrected chi connectivity index (χ4v) is 1.77. The zero-order valence-electron chi connectivity index (χ0n) is 11.0. The van der Waals surface area contributed by atoms with E-state index in [9.17, 15) is 9.59 Å². The summed E-state index contributed by atoms with van der Waals surface area (Å²) in [5.74, 6) is -0.366. The van der Waals surface area contributed by atoms with Gasteiger partial charge in [-0.1, -0.05) is 25.8 Å². The van der Waals surface area contributed by atoms with Gasteiger partial charge in [0, 0.05) is 13.5 Å². The Labute approximate surface area is 103 Å². The van der Waals surface area contributed by atoms with Gasteiger partial charge in [-0.3, -0.25) is 9.59 Å². The maximum atomic E-state index is 11.8. The smallest absolute Gasteiger partial charge is 0.315 e. The highest BCUT2D eigenvalue weighted by molar-refractivity contribution is 5.79. The van der Waals surface area contributed by atoms with E-state index in [0.717, 1.165) is 12.8 Å². The number of rotatable bonds is 8. The zero-order chi connectivity index (χ0) is 13.3. The molecule has 4 nitrogen and oxygen atoms in total. The van der Waals surface area contributed by atoms with Gasteiger partial charge in [-0.25, -0.2) is 0 Å². The minimum Gasteiger partial charge on any atom is -0.468 e. The Hall–Kier alpha value is -1.32. The summed E-state index contributed by atoms with van der Waals surface area (Å²) in [6.07, 6.45) is 4.83. The molecule has 1 amide bonds. The van der Waals surface area contributed by atoms with Crippen molar-refractivity contribution in [3.8, 4) is 0 Å². The van der Waals surface area contributed by atoms with Crippen LogP contribution in [0, 0.1) is 5.41 Å². The van der Waals surface area contributed by atoms with E-state index in [1.54, 1.807) is 6.08 Å². The summed E-state index contributed by atoms with van der Waals surface area (Å²) in [6.45, 7) is 7.72. The van der Waals surface area contributed by atoms with Gasteiger partial charge in [0.05, 0.1) is 12.5 Å². The molecule has 0 aromatic heterocycles. The van der Waals surface area contributed by atoms with Crippen LogP contribution in [0.1, 0.15) is 39.5 Å². The first-order valence-electron chi connectivity index (χ1n) is 5.99. The Bertz CT molecular complexity index is 276. The first kappa shape index (κ1) is 15.7. The lowest BCUT2D eigenvalue weighted by atomic mass is 9.79. The number of ether oxygens (including phenoxy) is 1. The minimum absolute atomic E-state index is 0.0941. The lowest BCUT2D eigenvalue weighted by Gasteiger charge is -2.27. The van der Waals surface area contributed by atoms with E-state index in [2.05, 4.69) is 18.8 Å². The second kappa shape index (κ2) is 7.87. The van der Waals surface area contributed by atoms with Gasteiger partial charge in [-0.15, -0.1) is 6.58 Å². The first-order valence-corrected chi connectivity index (χ1v) is 5.99. The van der Waals surface area contributed by atoms with Crippen LogP contribution in [-0.2, 0) is 14.3 Å². The molecule has 98 valence electrons. The van der Waals surface area contributed by atoms with Crippen molar-refractivity contribution in [2.24, 2.45) is 5.41 Å². The van der Waals surface area contributed by atoms with Crippen LogP contribution in [0.2, 0.25) is 0 Å². The highest BCUT2D eigenvalue weighted by atomic mass is 16.5. The molecule has 4 heteroatoms. The largest absolute Gasteiger partial charge is 0.468 e. The summed E-state index contributed by atoms with van der Waals surface area (Å²) in [5.41, 5.74) is -0.673. The van der Waals surface area contributed by atoms with Crippen molar-refractivity contribution in [1.29, 1.82) is 0 Å². The van der Waals surface area contributed by atoms with Crippen LogP contribution < -0.4 is 5.32 Å². The molecule has 0 fully saturated rings. The van der Waals surface area contributed by atoms with Crippen molar-refractivity contribution >= 4 is 11.9 Å².